The molecule has 5 nitrogen and oxygen atoms in total. The highest BCUT2D eigenvalue weighted by Gasteiger charge is 2.39. The topological polar surface area (TPSA) is 65.5 Å². The van der Waals surface area contributed by atoms with E-state index in [1.165, 1.54) is 11.8 Å². The summed E-state index contributed by atoms with van der Waals surface area (Å²) < 4.78 is 0.898. The van der Waals surface area contributed by atoms with Crippen LogP contribution in [0.25, 0.3) is 0 Å². The van der Waals surface area contributed by atoms with E-state index in [0.717, 1.165) is 20.8 Å². The van der Waals surface area contributed by atoms with E-state index in [0.29, 0.717) is 0 Å². The first kappa shape index (κ1) is 16.2. The van der Waals surface area contributed by atoms with Gasteiger partial charge in [0.1, 0.15) is 15.7 Å². The second-order valence-corrected chi connectivity index (χ2v) is 6.79. The molecule has 0 radical (unpaired) electrons. The van der Waals surface area contributed by atoms with Crippen LogP contribution >= 0.6 is 22.6 Å². The molecular formula is C17H18IN3O2. The van der Waals surface area contributed by atoms with E-state index in [4.69, 9.17) is 0 Å². The van der Waals surface area contributed by atoms with E-state index in [2.05, 4.69) is 32.9 Å². The number of carbonyl (C=O) groups excluding carboxylic acids is 1. The lowest BCUT2D eigenvalue weighted by molar-refractivity contribution is -0.119. The first-order valence-corrected chi connectivity index (χ1v) is 8.53. The summed E-state index contributed by atoms with van der Waals surface area (Å²) in [6.45, 7) is 3.41. The van der Waals surface area contributed by atoms with E-state index in [9.17, 15) is 9.90 Å². The summed E-state index contributed by atoms with van der Waals surface area (Å²) in [5.41, 5.74) is 1.73. The molecule has 1 aliphatic rings. The molecule has 2 aromatic rings. The molecule has 6 heteroatoms. The lowest BCUT2D eigenvalue weighted by Crippen LogP contribution is -2.49. The number of aliphatic hydroxyl groups excluding tert-OH is 1. The first-order chi connectivity index (χ1) is 11.0. The number of aromatic nitrogens is 1. The maximum Gasteiger partial charge on any atom is 0.225 e. The Labute approximate surface area is 148 Å². The lowest BCUT2D eigenvalue weighted by Gasteiger charge is -2.42. The largest absolute Gasteiger partial charge is 0.373 e. The number of hydrogen-bond acceptors (Lipinski definition) is 4. The fourth-order valence-corrected chi connectivity index (χ4v) is 3.48. The number of halogens is 1. The normalized spacial score (nSPS) is 23.3. The zero-order chi connectivity index (χ0) is 16.6. The molecule has 2 N–H and O–H groups in total. The summed E-state index contributed by atoms with van der Waals surface area (Å²) in [5, 5.41) is 14.0. The molecule has 0 aliphatic carbocycles. The number of nitrogens with one attached hydrogen (secondary N) is 1. The third kappa shape index (κ3) is 3.05. The van der Waals surface area contributed by atoms with Crippen molar-refractivity contribution in [3.8, 4) is 0 Å². The highest BCUT2D eigenvalue weighted by atomic mass is 127. The van der Waals surface area contributed by atoms with Gasteiger partial charge in [-0.3, -0.25) is 9.69 Å². The van der Waals surface area contributed by atoms with Crippen molar-refractivity contribution in [1.29, 1.82) is 0 Å². The molecule has 0 spiro atoms. The van der Waals surface area contributed by atoms with Gasteiger partial charge in [0.05, 0.1) is 11.7 Å². The average Bonchev–Trinajstić information content (AvgIpc) is 2.51. The van der Waals surface area contributed by atoms with E-state index in [1.807, 2.05) is 49.4 Å². The number of anilines is 2. The number of benzene rings is 1. The molecule has 0 saturated heterocycles. The van der Waals surface area contributed by atoms with Crippen LogP contribution in [0.3, 0.4) is 0 Å². The second kappa shape index (κ2) is 6.45. The van der Waals surface area contributed by atoms with Crippen LogP contribution in [0.2, 0.25) is 0 Å². The average molecular weight is 423 g/mol. The van der Waals surface area contributed by atoms with Crippen molar-refractivity contribution in [2.45, 2.75) is 26.1 Å². The summed E-state index contributed by atoms with van der Waals surface area (Å²) in [6, 6.07) is 13.3. The summed E-state index contributed by atoms with van der Waals surface area (Å²) in [7, 11) is 0. The summed E-state index contributed by atoms with van der Waals surface area (Å²) in [6.07, 6.45) is -0.873. The molecule has 0 saturated carbocycles. The van der Waals surface area contributed by atoms with Crippen molar-refractivity contribution in [2.24, 2.45) is 5.92 Å². The fourth-order valence-electron chi connectivity index (χ4n) is 3.02. The van der Waals surface area contributed by atoms with Crippen LogP contribution in [-0.4, -0.2) is 22.2 Å². The van der Waals surface area contributed by atoms with Crippen molar-refractivity contribution in [2.75, 3.05) is 10.2 Å². The number of carbonyl (C=O) groups is 1. The Morgan fingerprint density at radius 1 is 1.26 bits per heavy atom. The molecule has 1 aromatic heterocycles. The maximum atomic E-state index is 12.0. The molecule has 120 valence electrons. The predicted molar refractivity (Wildman–Crippen MR) is 98.1 cm³/mol. The van der Waals surface area contributed by atoms with Gasteiger partial charge in [-0.2, -0.15) is 0 Å². The Bertz CT molecular complexity index is 737. The van der Waals surface area contributed by atoms with Crippen molar-refractivity contribution >= 4 is 40.0 Å². The third-order valence-corrected chi connectivity index (χ3v) is 4.75. The standard InChI is InChI=1S/C17H18IN3O2/c1-10-16(20-15-9-5-8-14(18)19-15)12-6-3-4-7-13(12)21(11(2)22)17(10)23/h3-10,16-17,23H,1-2H3,(H,19,20)/t10-,16-,17+/m1/s1. The van der Waals surface area contributed by atoms with Gasteiger partial charge in [-0.05, 0) is 46.4 Å². The van der Waals surface area contributed by atoms with Crippen molar-refractivity contribution in [3.63, 3.8) is 0 Å². The zero-order valence-corrected chi connectivity index (χ0v) is 15.1. The number of nitrogens with zero attached hydrogens (tertiary/aromatic N) is 2. The molecule has 0 bridgehead atoms. The van der Waals surface area contributed by atoms with Crippen LogP contribution < -0.4 is 10.2 Å². The van der Waals surface area contributed by atoms with Crippen LogP contribution in [0.1, 0.15) is 25.5 Å². The number of amides is 1. The van der Waals surface area contributed by atoms with Gasteiger partial charge in [-0.1, -0.05) is 31.2 Å². The Morgan fingerprint density at radius 2 is 2.00 bits per heavy atom. The fraction of sp³-hybridized carbons (Fsp3) is 0.294. The SMILES string of the molecule is CC(=O)N1c2ccccc2[C@H](Nc2cccc(I)n2)[C@@H](C)[C@@H]1O. The third-order valence-electron chi connectivity index (χ3n) is 4.15. The van der Waals surface area contributed by atoms with Gasteiger partial charge in [0.15, 0.2) is 0 Å². The summed E-state index contributed by atoms with van der Waals surface area (Å²) in [5.74, 6) is 0.420. The number of aliphatic hydroxyl groups is 1. The number of hydrogen-bond donors (Lipinski definition) is 2. The molecule has 1 aromatic carbocycles. The van der Waals surface area contributed by atoms with E-state index in [-0.39, 0.29) is 17.9 Å². The van der Waals surface area contributed by atoms with Crippen LogP contribution in [-0.2, 0) is 4.79 Å². The maximum absolute atomic E-state index is 12.0. The van der Waals surface area contributed by atoms with E-state index in [1.54, 1.807) is 0 Å². The van der Waals surface area contributed by atoms with Crippen LogP contribution in [0, 0.1) is 9.62 Å². The minimum Gasteiger partial charge on any atom is -0.373 e. The quantitative estimate of drug-likeness (QED) is 0.576. The van der Waals surface area contributed by atoms with Crippen LogP contribution in [0.15, 0.2) is 42.5 Å². The number of pyridine rings is 1. The van der Waals surface area contributed by atoms with Crippen molar-refractivity contribution < 1.29 is 9.90 Å². The van der Waals surface area contributed by atoms with Gasteiger partial charge in [-0.25, -0.2) is 4.98 Å². The minimum absolute atomic E-state index is 0.123. The Kier molecular flexibility index (Phi) is 4.54. The molecule has 0 unspecified atom stereocenters. The molecular weight excluding hydrogens is 405 g/mol. The summed E-state index contributed by atoms with van der Waals surface area (Å²) in [4.78, 5) is 17.9. The Hall–Kier alpha value is -1.67. The van der Waals surface area contributed by atoms with Crippen molar-refractivity contribution in [3.05, 3.63) is 51.7 Å². The minimum atomic E-state index is -0.873. The van der Waals surface area contributed by atoms with Crippen LogP contribution in [0.5, 0.6) is 0 Å². The molecule has 3 rings (SSSR count). The highest BCUT2D eigenvalue weighted by Crippen LogP contribution is 2.41. The molecule has 1 aliphatic heterocycles. The van der Waals surface area contributed by atoms with E-state index >= 15 is 0 Å². The molecule has 0 fully saturated rings. The van der Waals surface area contributed by atoms with E-state index < -0.39 is 6.23 Å². The molecule has 23 heavy (non-hydrogen) atoms. The Morgan fingerprint density at radius 3 is 2.70 bits per heavy atom. The van der Waals surface area contributed by atoms with Gasteiger partial charge in [0.25, 0.3) is 0 Å². The second-order valence-electron chi connectivity index (χ2n) is 5.69. The first-order valence-electron chi connectivity index (χ1n) is 7.45. The Balaban J connectivity index is 2.03. The number of fused-ring (bicyclic) bond motifs is 1. The number of rotatable bonds is 2. The van der Waals surface area contributed by atoms with Gasteiger partial charge < -0.3 is 10.4 Å². The van der Waals surface area contributed by atoms with Crippen molar-refractivity contribution in [1.82, 2.24) is 4.98 Å². The molecule has 3 atom stereocenters. The van der Waals surface area contributed by atoms with Crippen LogP contribution in [0.4, 0.5) is 11.5 Å². The molecule has 1 amide bonds. The van der Waals surface area contributed by atoms with Gasteiger partial charge in [0, 0.05) is 12.8 Å². The predicted octanol–water partition coefficient (Wildman–Crippen LogP) is 3.16. The monoisotopic (exact) mass is 423 g/mol. The zero-order valence-electron chi connectivity index (χ0n) is 12.9. The van der Waals surface area contributed by atoms with Gasteiger partial charge in [0.2, 0.25) is 5.91 Å². The smallest absolute Gasteiger partial charge is 0.225 e. The van der Waals surface area contributed by atoms with Gasteiger partial charge in [-0.15, -0.1) is 0 Å². The highest BCUT2D eigenvalue weighted by molar-refractivity contribution is 14.1. The number of para-hydroxylation sites is 1. The summed E-state index contributed by atoms with van der Waals surface area (Å²) >= 11 is 2.17. The molecule has 2 heterocycles. The lowest BCUT2D eigenvalue weighted by atomic mass is 9.86. The van der Waals surface area contributed by atoms with Gasteiger partial charge >= 0.3 is 0 Å².